The number of rotatable bonds is 6. The highest BCUT2D eigenvalue weighted by molar-refractivity contribution is 7.80. The van der Waals surface area contributed by atoms with E-state index in [1.807, 2.05) is 0 Å². The van der Waals surface area contributed by atoms with Crippen molar-refractivity contribution in [2.45, 2.75) is 38.4 Å². The Bertz CT molecular complexity index is 428. The molecule has 102 valence electrons. The molecule has 1 heterocycles. The zero-order valence-electron chi connectivity index (χ0n) is 9.91. The number of alkyl halides is 3. The molecular formula is C12H16F3NOS. The molecule has 0 aliphatic heterocycles. The second-order valence-corrected chi connectivity index (χ2v) is 4.48. The van der Waals surface area contributed by atoms with Crippen LogP contribution < -0.4 is 5.56 Å². The van der Waals surface area contributed by atoms with Crippen molar-refractivity contribution in [1.29, 1.82) is 0 Å². The minimum absolute atomic E-state index is 0.112. The summed E-state index contributed by atoms with van der Waals surface area (Å²) in [5.41, 5.74) is -1.47. The van der Waals surface area contributed by atoms with Crippen LogP contribution in [0.15, 0.2) is 23.0 Å². The average molecular weight is 279 g/mol. The molecule has 0 fully saturated rings. The first-order valence-corrected chi connectivity index (χ1v) is 6.48. The fourth-order valence-electron chi connectivity index (χ4n) is 1.73. The van der Waals surface area contributed by atoms with Crippen molar-refractivity contribution in [3.63, 3.8) is 0 Å². The molecule has 0 radical (unpaired) electrons. The van der Waals surface area contributed by atoms with Crippen LogP contribution in [0, 0.1) is 0 Å². The van der Waals surface area contributed by atoms with Gasteiger partial charge in [-0.2, -0.15) is 25.8 Å². The van der Waals surface area contributed by atoms with Gasteiger partial charge in [0.1, 0.15) is 5.69 Å². The quantitative estimate of drug-likeness (QED) is 0.626. The van der Waals surface area contributed by atoms with Gasteiger partial charge in [0.15, 0.2) is 0 Å². The van der Waals surface area contributed by atoms with Crippen molar-refractivity contribution >= 4 is 12.6 Å². The van der Waals surface area contributed by atoms with Crippen molar-refractivity contribution in [2.75, 3.05) is 5.75 Å². The summed E-state index contributed by atoms with van der Waals surface area (Å²) in [4.78, 5) is 11.5. The van der Waals surface area contributed by atoms with Crippen molar-refractivity contribution in [3.05, 3.63) is 34.2 Å². The van der Waals surface area contributed by atoms with Crippen molar-refractivity contribution in [1.82, 2.24) is 4.57 Å². The Balaban J connectivity index is 2.72. The molecule has 0 N–H and O–H groups in total. The molecule has 1 aromatic rings. The molecule has 18 heavy (non-hydrogen) atoms. The van der Waals surface area contributed by atoms with E-state index in [1.165, 1.54) is 0 Å². The number of thiol groups is 1. The summed E-state index contributed by atoms with van der Waals surface area (Å²) in [6.07, 6.45) is -1.24. The predicted molar refractivity (Wildman–Crippen MR) is 68.0 cm³/mol. The van der Waals surface area contributed by atoms with Gasteiger partial charge in [-0.15, -0.1) is 0 Å². The van der Waals surface area contributed by atoms with Gasteiger partial charge in [-0.1, -0.05) is 18.9 Å². The standard InChI is InChI=1S/C12H16F3NOS/c13-12(14,15)10-6-5-7-11(17)16(10)8-3-1-2-4-9-18/h5-7,18H,1-4,8-9H2. The van der Waals surface area contributed by atoms with Crippen molar-refractivity contribution in [2.24, 2.45) is 0 Å². The number of nitrogens with zero attached hydrogens (tertiary/aromatic N) is 1. The van der Waals surface area contributed by atoms with Crippen LogP contribution >= 0.6 is 12.6 Å². The topological polar surface area (TPSA) is 22.0 Å². The van der Waals surface area contributed by atoms with Crippen LogP contribution in [-0.2, 0) is 12.7 Å². The van der Waals surface area contributed by atoms with Crippen LogP contribution in [-0.4, -0.2) is 10.3 Å². The number of halogens is 3. The Labute approximate surface area is 109 Å². The second kappa shape index (κ2) is 6.87. The lowest BCUT2D eigenvalue weighted by Crippen LogP contribution is -2.27. The molecule has 1 rings (SSSR count). The van der Waals surface area contributed by atoms with Crippen LogP contribution in [0.2, 0.25) is 0 Å². The highest BCUT2D eigenvalue weighted by Gasteiger charge is 2.33. The van der Waals surface area contributed by atoms with Gasteiger partial charge in [0, 0.05) is 12.6 Å². The van der Waals surface area contributed by atoms with E-state index in [0.29, 0.717) is 6.42 Å². The summed E-state index contributed by atoms with van der Waals surface area (Å²) in [6, 6.07) is 3.24. The molecule has 6 heteroatoms. The van der Waals surface area contributed by atoms with E-state index in [-0.39, 0.29) is 6.54 Å². The molecule has 0 spiro atoms. The zero-order valence-corrected chi connectivity index (χ0v) is 10.8. The third kappa shape index (κ3) is 4.40. The Morgan fingerprint density at radius 2 is 1.78 bits per heavy atom. The molecule has 1 aromatic heterocycles. The molecule has 0 saturated heterocycles. The number of unbranched alkanes of at least 4 members (excludes halogenated alkanes) is 3. The van der Waals surface area contributed by atoms with Gasteiger partial charge >= 0.3 is 6.18 Å². The molecule has 0 bridgehead atoms. The molecule has 0 unspecified atom stereocenters. The summed E-state index contributed by atoms with van der Waals surface area (Å²) < 4.78 is 38.9. The zero-order chi connectivity index (χ0) is 13.6. The monoisotopic (exact) mass is 279 g/mol. The minimum Gasteiger partial charge on any atom is -0.304 e. The molecule has 0 aromatic carbocycles. The first-order chi connectivity index (χ1) is 8.46. The Hall–Kier alpha value is -0.910. The largest absolute Gasteiger partial charge is 0.431 e. The smallest absolute Gasteiger partial charge is 0.304 e. The normalized spacial score (nSPS) is 11.8. The lowest BCUT2D eigenvalue weighted by molar-refractivity contribution is -0.144. The van der Waals surface area contributed by atoms with Gasteiger partial charge in [-0.05, 0) is 24.7 Å². The maximum Gasteiger partial charge on any atom is 0.431 e. The highest BCUT2D eigenvalue weighted by Crippen LogP contribution is 2.28. The SMILES string of the molecule is O=c1cccc(C(F)(F)F)n1CCCCCCS. The van der Waals surface area contributed by atoms with Gasteiger partial charge in [-0.25, -0.2) is 0 Å². The summed E-state index contributed by atoms with van der Waals surface area (Å²) in [5.74, 6) is 0.777. The van der Waals surface area contributed by atoms with Crippen molar-refractivity contribution < 1.29 is 13.2 Å². The van der Waals surface area contributed by atoms with E-state index in [2.05, 4.69) is 12.6 Å². The van der Waals surface area contributed by atoms with Gasteiger partial charge in [0.25, 0.3) is 5.56 Å². The van der Waals surface area contributed by atoms with Gasteiger partial charge in [-0.3, -0.25) is 4.79 Å². The van der Waals surface area contributed by atoms with E-state index in [0.717, 1.165) is 47.8 Å². The lowest BCUT2D eigenvalue weighted by atomic mass is 10.2. The first-order valence-electron chi connectivity index (χ1n) is 5.84. The number of pyridine rings is 1. The number of aromatic nitrogens is 1. The summed E-state index contributed by atoms with van der Waals surface area (Å²) >= 11 is 4.06. The molecular weight excluding hydrogens is 263 g/mol. The molecule has 0 saturated carbocycles. The lowest BCUT2D eigenvalue weighted by Gasteiger charge is -2.14. The Morgan fingerprint density at radius 1 is 1.11 bits per heavy atom. The van der Waals surface area contributed by atoms with Crippen LogP contribution in [0.4, 0.5) is 13.2 Å². The van der Waals surface area contributed by atoms with E-state index < -0.39 is 17.4 Å². The average Bonchev–Trinajstić information content (AvgIpc) is 2.29. The second-order valence-electron chi connectivity index (χ2n) is 4.04. The van der Waals surface area contributed by atoms with E-state index in [1.54, 1.807) is 0 Å². The predicted octanol–water partition coefficient (Wildman–Crippen LogP) is 3.36. The molecule has 0 aliphatic rings. The Morgan fingerprint density at radius 3 is 2.39 bits per heavy atom. The Kier molecular flexibility index (Phi) is 5.78. The van der Waals surface area contributed by atoms with Crippen LogP contribution in [0.1, 0.15) is 31.4 Å². The third-order valence-corrected chi connectivity index (χ3v) is 2.95. The molecule has 0 amide bonds. The number of hydrogen-bond donors (Lipinski definition) is 1. The molecule has 0 atom stereocenters. The van der Waals surface area contributed by atoms with E-state index in [9.17, 15) is 18.0 Å². The molecule has 2 nitrogen and oxygen atoms in total. The van der Waals surface area contributed by atoms with Crippen LogP contribution in [0.5, 0.6) is 0 Å². The summed E-state index contributed by atoms with van der Waals surface area (Å²) in [5, 5.41) is 0. The van der Waals surface area contributed by atoms with Crippen LogP contribution in [0.25, 0.3) is 0 Å². The maximum absolute atomic E-state index is 12.7. The van der Waals surface area contributed by atoms with Gasteiger partial charge in [0.05, 0.1) is 0 Å². The fraction of sp³-hybridized carbons (Fsp3) is 0.583. The third-order valence-electron chi connectivity index (χ3n) is 2.63. The van der Waals surface area contributed by atoms with E-state index >= 15 is 0 Å². The highest BCUT2D eigenvalue weighted by atomic mass is 32.1. The summed E-state index contributed by atoms with van der Waals surface area (Å²) in [6.45, 7) is 0.112. The maximum atomic E-state index is 12.7. The van der Waals surface area contributed by atoms with Gasteiger partial charge in [0.2, 0.25) is 0 Å². The van der Waals surface area contributed by atoms with E-state index in [4.69, 9.17) is 0 Å². The molecule has 0 aliphatic carbocycles. The fourth-order valence-corrected chi connectivity index (χ4v) is 1.96. The van der Waals surface area contributed by atoms with Crippen LogP contribution in [0.3, 0.4) is 0 Å². The van der Waals surface area contributed by atoms with Crippen molar-refractivity contribution in [3.8, 4) is 0 Å². The number of hydrogen-bond acceptors (Lipinski definition) is 2. The summed E-state index contributed by atoms with van der Waals surface area (Å²) in [7, 11) is 0. The van der Waals surface area contributed by atoms with Gasteiger partial charge < -0.3 is 4.57 Å². The first kappa shape index (κ1) is 15.1. The minimum atomic E-state index is -4.48.